The fourth-order valence-corrected chi connectivity index (χ4v) is 3.86. The minimum atomic E-state index is -0.0997. The predicted octanol–water partition coefficient (Wildman–Crippen LogP) is 3.25. The minimum Gasteiger partial charge on any atom is -0.454 e. The maximum atomic E-state index is 12.4. The number of nitrogens with zero attached hydrogens (tertiary/aromatic N) is 1. The molecule has 142 valence electrons. The van der Waals surface area contributed by atoms with Gasteiger partial charge in [-0.05, 0) is 44.5 Å². The zero-order valence-corrected chi connectivity index (χ0v) is 16.6. The molecule has 9 heteroatoms. The number of nitrogens with one attached hydrogen (secondary N) is 2. The van der Waals surface area contributed by atoms with Gasteiger partial charge in [-0.25, -0.2) is 4.98 Å². The van der Waals surface area contributed by atoms with E-state index in [1.54, 1.807) is 5.38 Å². The predicted molar refractivity (Wildman–Crippen MR) is 106 cm³/mol. The van der Waals surface area contributed by atoms with Crippen molar-refractivity contribution in [1.82, 2.24) is 15.6 Å². The number of carbonyl (C=O) groups excluding carboxylic acids is 1. The lowest BCUT2D eigenvalue weighted by atomic mass is 10.0. The topological polar surface area (TPSA) is 72.5 Å². The third-order valence-corrected chi connectivity index (χ3v) is 5.21. The van der Waals surface area contributed by atoms with Crippen molar-refractivity contribution in [1.29, 1.82) is 0 Å². The molecule has 2 aromatic rings. The Morgan fingerprint density at radius 3 is 2.92 bits per heavy atom. The third-order valence-electron chi connectivity index (χ3n) is 4.32. The van der Waals surface area contributed by atoms with Gasteiger partial charge in [0.15, 0.2) is 11.5 Å². The van der Waals surface area contributed by atoms with E-state index in [0.29, 0.717) is 11.7 Å². The monoisotopic (exact) mass is 417 g/mol. The van der Waals surface area contributed by atoms with Crippen LogP contribution in [0, 0.1) is 0 Å². The molecule has 4 rings (SSSR count). The summed E-state index contributed by atoms with van der Waals surface area (Å²) in [6.45, 7) is 3.32. The largest absolute Gasteiger partial charge is 0.454 e. The van der Waals surface area contributed by atoms with Crippen molar-refractivity contribution in [3.8, 4) is 22.1 Å². The first-order valence-electron chi connectivity index (χ1n) is 8.09. The van der Waals surface area contributed by atoms with E-state index in [0.717, 1.165) is 41.5 Å². The van der Waals surface area contributed by atoms with E-state index in [1.807, 2.05) is 18.2 Å². The van der Waals surface area contributed by atoms with E-state index in [2.05, 4.69) is 22.5 Å². The maximum absolute atomic E-state index is 12.4. The zero-order valence-electron chi connectivity index (χ0n) is 14.2. The summed E-state index contributed by atoms with van der Waals surface area (Å²) in [4.78, 5) is 16.9. The van der Waals surface area contributed by atoms with Gasteiger partial charge in [0.05, 0.1) is 0 Å². The highest BCUT2D eigenvalue weighted by atomic mass is 35.5. The molecule has 0 bridgehead atoms. The first-order valence-corrected chi connectivity index (χ1v) is 8.97. The van der Waals surface area contributed by atoms with Gasteiger partial charge in [0.25, 0.3) is 5.91 Å². The molecular formula is C17H21Cl2N3O3S. The van der Waals surface area contributed by atoms with Crippen LogP contribution >= 0.6 is 36.2 Å². The molecule has 2 atom stereocenters. The third kappa shape index (κ3) is 4.40. The maximum Gasteiger partial charge on any atom is 0.270 e. The molecular weight excluding hydrogens is 397 g/mol. The van der Waals surface area contributed by atoms with E-state index in [-0.39, 0.29) is 43.6 Å². The highest BCUT2D eigenvalue weighted by Crippen LogP contribution is 2.36. The molecule has 0 aliphatic carbocycles. The zero-order chi connectivity index (χ0) is 16.5. The summed E-state index contributed by atoms with van der Waals surface area (Å²) in [5, 5.41) is 9.08. The van der Waals surface area contributed by atoms with Crippen LogP contribution in [-0.2, 0) is 0 Å². The molecule has 1 aromatic heterocycles. The van der Waals surface area contributed by atoms with Crippen molar-refractivity contribution >= 4 is 42.1 Å². The molecule has 1 fully saturated rings. The fraction of sp³-hybridized carbons (Fsp3) is 0.412. The highest BCUT2D eigenvalue weighted by molar-refractivity contribution is 7.13. The van der Waals surface area contributed by atoms with Crippen LogP contribution in [0.2, 0.25) is 0 Å². The summed E-state index contributed by atoms with van der Waals surface area (Å²) >= 11 is 1.46. The number of hydrogen-bond acceptors (Lipinski definition) is 6. The van der Waals surface area contributed by atoms with Gasteiger partial charge in [-0.2, -0.15) is 0 Å². The van der Waals surface area contributed by atoms with Gasteiger partial charge in [-0.1, -0.05) is 0 Å². The second-order valence-corrected chi connectivity index (χ2v) is 7.01. The smallest absolute Gasteiger partial charge is 0.270 e. The van der Waals surface area contributed by atoms with Crippen molar-refractivity contribution in [2.45, 2.75) is 31.8 Å². The Morgan fingerprint density at radius 2 is 2.12 bits per heavy atom. The molecule has 2 aliphatic heterocycles. The standard InChI is InChI=1S/C17H19N3O3S.2ClH/c1-10-6-12(4-5-18-10)19-16(21)13-8-24-17(20-13)11-2-3-14-15(7-11)23-9-22-14;;/h2-3,7-8,10,12,18H,4-6,9H2,1H3,(H,19,21);2*1H. The molecule has 3 heterocycles. The number of thiazole rings is 1. The van der Waals surface area contributed by atoms with Crippen LogP contribution in [0.25, 0.3) is 10.6 Å². The summed E-state index contributed by atoms with van der Waals surface area (Å²) in [5.41, 5.74) is 1.40. The Hall–Kier alpha value is -1.54. The molecule has 26 heavy (non-hydrogen) atoms. The first kappa shape index (κ1) is 20.8. The average molecular weight is 418 g/mol. The number of ether oxygens (including phenoxy) is 2. The van der Waals surface area contributed by atoms with E-state index < -0.39 is 0 Å². The second kappa shape index (κ2) is 8.90. The normalized spacial score (nSPS) is 20.7. The molecule has 0 radical (unpaired) electrons. The van der Waals surface area contributed by atoms with E-state index in [1.165, 1.54) is 11.3 Å². The van der Waals surface area contributed by atoms with Crippen molar-refractivity contribution in [2.24, 2.45) is 0 Å². The van der Waals surface area contributed by atoms with E-state index >= 15 is 0 Å². The number of rotatable bonds is 3. The van der Waals surface area contributed by atoms with Crippen LogP contribution in [0.4, 0.5) is 0 Å². The van der Waals surface area contributed by atoms with Crippen LogP contribution < -0.4 is 20.1 Å². The molecule has 2 N–H and O–H groups in total. The average Bonchev–Trinajstić information content (AvgIpc) is 3.23. The molecule has 2 unspecified atom stereocenters. The van der Waals surface area contributed by atoms with Crippen LogP contribution in [0.1, 0.15) is 30.3 Å². The minimum absolute atomic E-state index is 0. The van der Waals surface area contributed by atoms with Crippen LogP contribution in [0.5, 0.6) is 11.5 Å². The number of carbonyl (C=O) groups is 1. The Bertz CT molecular complexity index is 771. The molecule has 0 spiro atoms. The lowest BCUT2D eigenvalue weighted by molar-refractivity contribution is 0.0921. The Morgan fingerprint density at radius 1 is 1.31 bits per heavy atom. The molecule has 6 nitrogen and oxygen atoms in total. The lowest BCUT2D eigenvalue weighted by Gasteiger charge is -2.28. The van der Waals surface area contributed by atoms with Crippen LogP contribution in [-0.4, -0.2) is 36.3 Å². The van der Waals surface area contributed by atoms with Crippen LogP contribution in [0.3, 0.4) is 0 Å². The number of benzene rings is 1. The van der Waals surface area contributed by atoms with Crippen molar-refractivity contribution in [2.75, 3.05) is 13.3 Å². The number of amides is 1. The Labute approximate surface area is 168 Å². The highest BCUT2D eigenvalue weighted by Gasteiger charge is 2.22. The molecule has 1 aromatic carbocycles. The van der Waals surface area contributed by atoms with Gasteiger partial charge in [0.2, 0.25) is 6.79 Å². The van der Waals surface area contributed by atoms with Gasteiger partial charge >= 0.3 is 0 Å². The van der Waals surface area contributed by atoms with Crippen molar-refractivity contribution < 1.29 is 14.3 Å². The summed E-state index contributed by atoms with van der Waals surface area (Å²) in [6, 6.07) is 6.35. The molecule has 0 saturated carbocycles. The Kier molecular flexibility index (Phi) is 7.11. The fourth-order valence-electron chi connectivity index (χ4n) is 3.06. The van der Waals surface area contributed by atoms with E-state index in [4.69, 9.17) is 9.47 Å². The summed E-state index contributed by atoms with van der Waals surface area (Å²) < 4.78 is 10.7. The van der Waals surface area contributed by atoms with Crippen LogP contribution in [0.15, 0.2) is 23.6 Å². The number of halogens is 2. The number of piperidine rings is 1. The van der Waals surface area contributed by atoms with E-state index in [9.17, 15) is 4.79 Å². The van der Waals surface area contributed by atoms with Gasteiger partial charge in [0, 0.05) is 23.0 Å². The lowest BCUT2D eigenvalue weighted by Crippen LogP contribution is -2.46. The van der Waals surface area contributed by atoms with Crippen molar-refractivity contribution in [3.63, 3.8) is 0 Å². The summed E-state index contributed by atoms with van der Waals surface area (Å²) in [5.74, 6) is 1.36. The molecule has 1 amide bonds. The summed E-state index contributed by atoms with van der Waals surface area (Å²) in [7, 11) is 0. The second-order valence-electron chi connectivity index (χ2n) is 6.16. The quantitative estimate of drug-likeness (QED) is 0.801. The SMILES string of the molecule is CC1CC(NC(=O)c2csc(-c3ccc4c(c3)OCO4)n2)CCN1.Cl.Cl. The van der Waals surface area contributed by atoms with Gasteiger partial charge in [-0.3, -0.25) is 4.79 Å². The van der Waals surface area contributed by atoms with Crippen molar-refractivity contribution in [3.05, 3.63) is 29.3 Å². The summed E-state index contributed by atoms with van der Waals surface area (Å²) in [6.07, 6.45) is 1.90. The molecule has 1 saturated heterocycles. The van der Waals surface area contributed by atoms with Gasteiger partial charge in [0.1, 0.15) is 10.7 Å². The number of aromatic nitrogens is 1. The Balaban J connectivity index is 0.00000121. The van der Waals surface area contributed by atoms with Gasteiger partial charge < -0.3 is 20.1 Å². The van der Waals surface area contributed by atoms with Gasteiger partial charge in [-0.15, -0.1) is 36.2 Å². The first-order chi connectivity index (χ1) is 11.7. The molecule has 2 aliphatic rings. The number of fused-ring (bicyclic) bond motifs is 1. The number of hydrogen-bond donors (Lipinski definition) is 2.